The Morgan fingerprint density at radius 1 is 1.17 bits per heavy atom. The number of piperazine rings is 1. The standard InChI is InChI=1S/C23H26N4O2/c1-2-17-7-9-18(10-8-17)21-15-24-12-14-27(21)22(28)11-13-26-16-25-20-6-4-3-5-19(20)23(26)29/h3-10,16,21,24H,2,11-15H2,1H3. The van der Waals surface area contributed by atoms with Crippen molar-refractivity contribution in [3.8, 4) is 0 Å². The van der Waals surface area contributed by atoms with Gasteiger partial charge in [-0.15, -0.1) is 0 Å². The number of fused-ring (bicyclic) bond motifs is 1. The summed E-state index contributed by atoms with van der Waals surface area (Å²) in [5.74, 6) is 0.0659. The number of amides is 1. The number of carbonyl (C=O) groups excluding carboxylic acids is 1. The van der Waals surface area contributed by atoms with E-state index in [-0.39, 0.29) is 23.9 Å². The molecule has 1 fully saturated rings. The van der Waals surface area contributed by atoms with Crippen molar-refractivity contribution < 1.29 is 4.79 Å². The normalized spacial score (nSPS) is 16.9. The average Bonchev–Trinajstić information content (AvgIpc) is 2.78. The second-order valence-corrected chi connectivity index (χ2v) is 7.41. The first kappa shape index (κ1) is 19.3. The topological polar surface area (TPSA) is 67.2 Å². The molecule has 3 aromatic rings. The molecule has 1 aromatic heterocycles. The van der Waals surface area contributed by atoms with Crippen LogP contribution < -0.4 is 10.9 Å². The Hall–Kier alpha value is -2.99. The minimum Gasteiger partial charge on any atom is -0.333 e. The van der Waals surface area contributed by atoms with E-state index in [0.717, 1.165) is 25.1 Å². The van der Waals surface area contributed by atoms with Gasteiger partial charge in [-0.2, -0.15) is 0 Å². The number of aromatic nitrogens is 2. The summed E-state index contributed by atoms with van der Waals surface area (Å²) in [7, 11) is 0. The van der Waals surface area contributed by atoms with Crippen LogP contribution in [-0.2, 0) is 17.8 Å². The lowest BCUT2D eigenvalue weighted by Gasteiger charge is -2.36. The number of aryl methyl sites for hydroxylation is 2. The van der Waals surface area contributed by atoms with E-state index in [0.29, 0.717) is 24.0 Å². The van der Waals surface area contributed by atoms with Crippen molar-refractivity contribution >= 4 is 16.8 Å². The Balaban J connectivity index is 1.49. The Labute approximate surface area is 170 Å². The van der Waals surface area contributed by atoms with Crippen LogP contribution in [0.4, 0.5) is 0 Å². The third-order valence-corrected chi connectivity index (χ3v) is 5.63. The summed E-state index contributed by atoms with van der Waals surface area (Å²) in [6.07, 6.45) is 2.82. The maximum atomic E-state index is 13.0. The van der Waals surface area contributed by atoms with Crippen LogP contribution in [0.5, 0.6) is 0 Å². The van der Waals surface area contributed by atoms with E-state index < -0.39 is 0 Å². The number of para-hydroxylation sites is 1. The Morgan fingerprint density at radius 3 is 2.76 bits per heavy atom. The van der Waals surface area contributed by atoms with Crippen LogP contribution >= 0.6 is 0 Å². The molecule has 0 radical (unpaired) electrons. The molecule has 1 unspecified atom stereocenters. The zero-order chi connectivity index (χ0) is 20.2. The second-order valence-electron chi connectivity index (χ2n) is 7.41. The van der Waals surface area contributed by atoms with Gasteiger partial charge in [0, 0.05) is 32.6 Å². The summed E-state index contributed by atoms with van der Waals surface area (Å²) in [4.78, 5) is 31.9. The lowest BCUT2D eigenvalue weighted by molar-refractivity contribution is -0.134. The summed E-state index contributed by atoms with van der Waals surface area (Å²) in [6.45, 7) is 4.67. The van der Waals surface area contributed by atoms with Crippen molar-refractivity contribution in [2.24, 2.45) is 0 Å². The fourth-order valence-corrected chi connectivity index (χ4v) is 3.90. The average molecular weight is 390 g/mol. The van der Waals surface area contributed by atoms with Gasteiger partial charge in [-0.25, -0.2) is 4.98 Å². The molecule has 6 nitrogen and oxygen atoms in total. The van der Waals surface area contributed by atoms with Gasteiger partial charge in [-0.05, 0) is 29.7 Å². The molecule has 1 N–H and O–H groups in total. The summed E-state index contributed by atoms with van der Waals surface area (Å²) in [6, 6.07) is 15.8. The van der Waals surface area contributed by atoms with E-state index in [1.165, 1.54) is 16.5 Å². The van der Waals surface area contributed by atoms with Gasteiger partial charge in [0.25, 0.3) is 5.56 Å². The van der Waals surface area contributed by atoms with Crippen LogP contribution in [0.1, 0.15) is 30.5 Å². The maximum absolute atomic E-state index is 13.0. The summed E-state index contributed by atoms with van der Waals surface area (Å²) in [5, 5.41) is 3.97. The van der Waals surface area contributed by atoms with Gasteiger partial charge in [-0.3, -0.25) is 14.2 Å². The van der Waals surface area contributed by atoms with E-state index in [4.69, 9.17) is 0 Å². The molecule has 150 valence electrons. The van der Waals surface area contributed by atoms with Gasteiger partial charge in [0.1, 0.15) is 0 Å². The highest BCUT2D eigenvalue weighted by Gasteiger charge is 2.27. The van der Waals surface area contributed by atoms with Crippen LogP contribution in [0.2, 0.25) is 0 Å². The number of hydrogen-bond acceptors (Lipinski definition) is 4. The van der Waals surface area contributed by atoms with Crippen molar-refractivity contribution in [2.45, 2.75) is 32.4 Å². The number of hydrogen-bond donors (Lipinski definition) is 1. The van der Waals surface area contributed by atoms with Crippen LogP contribution in [0.15, 0.2) is 59.7 Å². The molecule has 2 aromatic carbocycles. The van der Waals surface area contributed by atoms with E-state index in [9.17, 15) is 9.59 Å². The maximum Gasteiger partial charge on any atom is 0.261 e. The third-order valence-electron chi connectivity index (χ3n) is 5.63. The van der Waals surface area contributed by atoms with E-state index in [1.807, 2.05) is 23.1 Å². The van der Waals surface area contributed by atoms with Gasteiger partial charge in [-0.1, -0.05) is 43.3 Å². The Kier molecular flexibility index (Phi) is 5.71. The van der Waals surface area contributed by atoms with E-state index in [1.54, 1.807) is 6.07 Å². The van der Waals surface area contributed by atoms with Crippen molar-refractivity contribution in [3.05, 3.63) is 76.3 Å². The van der Waals surface area contributed by atoms with Gasteiger partial charge in [0.05, 0.1) is 23.3 Å². The molecule has 29 heavy (non-hydrogen) atoms. The molecule has 2 heterocycles. The van der Waals surface area contributed by atoms with Gasteiger partial charge >= 0.3 is 0 Å². The number of nitrogens with one attached hydrogen (secondary N) is 1. The molecule has 1 aliphatic heterocycles. The zero-order valence-electron chi connectivity index (χ0n) is 16.7. The summed E-state index contributed by atoms with van der Waals surface area (Å²) < 4.78 is 1.54. The first-order chi connectivity index (χ1) is 14.2. The lowest BCUT2D eigenvalue weighted by atomic mass is 10.0. The van der Waals surface area contributed by atoms with Crippen LogP contribution in [0.3, 0.4) is 0 Å². The Morgan fingerprint density at radius 2 is 1.97 bits per heavy atom. The van der Waals surface area contributed by atoms with Crippen molar-refractivity contribution in [2.75, 3.05) is 19.6 Å². The minimum atomic E-state index is -0.101. The highest BCUT2D eigenvalue weighted by atomic mass is 16.2. The van der Waals surface area contributed by atoms with Crippen molar-refractivity contribution in [1.82, 2.24) is 19.8 Å². The number of benzene rings is 2. The SMILES string of the molecule is CCc1ccc(C2CNCCN2C(=O)CCn2cnc3ccccc3c2=O)cc1. The molecule has 1 aliphatic rings. The minimum absolute atomic E-state index is 0.0219. The number of carbonyl (C=O) groups is 1. The highest BCUT2D eigenvalue weighted by Crippen LogP contribution is 2.23. The van der Waals surface area contributed by atoms with Crippen LogP contribution in [0.25, 0.3) is 10.9 Å². The van der Waals surface area contributed by atoms with Gasteiger partial charge in [0.2, 0.25) is 5.91 Å². The second kappa shape index (κ2) is 8.57. The third kappa shape index (κ3) is 4.07. The van der Waals surface area contributed by atoms with Crippen LogP contribution in [-0.4, -0.2) is 40.0 Å². The fraction of sp³-hybridized carbons (Fsp3) is 0.348. The highest BCUT2D eigenvalue weighted by molar-refractivity contribution is 5.78. The fourth-order valence-electron chi connectivity index (χ4n) is 3.90. The molecule has 4 rings (SSSR count). The van der Waals surface area contributed by atoms with E-state index in [2.05, 4.69) is 41.5 Å². The van der Waals surface area contributed by atoms with Gasteiger partial charge < -0.3 is 10.2 Å². The monoisotopic (exact) mass is 390 g/mol. The first-order valence-electron chi connectivity index (χ1n) is 10.2. The molecule has 1 atom stereocenters. The smallest absolute Gasteiger partial charge is 0.261 e. The first-order valence-corrected chi connectivity index (χ1v) is 10.2. The molecule has 0 spiro atoms. The molecule has 6 heteroatoms. The quantitative estimate of drug-likeness (QED) is 0.727. The lowest BCUT2D eigenvalue weighted by Crippen LogP contribution is -2.49. The predicted molar refractivity (Wildman–Crippen MR) is 114 cm³/mol. The summed E-state index contributed by atoms with van der Waals surface area (Å²) in [5.41, 5.74) is 3.01. The molecule has 0 saturated carbocycles. The molecule has 1 saturated heterocycles. The van der Waals surface area contributed by atoms with Gasteiger partial charge in [0.15, 0.2) is 0 Å². The number of nitrogens with zero attached hydrogens (tertiary/aromatic N) is 3. The molecular weight excluding hydrogens is 364 g/mol. The van der Waals surface area contributed by atoms with Crippen molar-refractivity contribution in [1.29, 1.82) is 0 Å². The largest absolute Gasteiger partial charge is 0.333 e. The molecule has 1 amide bonds. The Bertz CT molecular complexity index is 1060. The number of rotatable bonds is 5. The van der Waals surface area contributed by atoms with Crippen LogP contribution in [0, 0.1) is 0 Å². The molecular formula is C23H26N4O2. The molecule has 0 bridgehead atoms. The summed E-state index contributed by atoms with van der Waals surface area (Å²) >= 11 is 0. The molecule has 0 aliphatic carbocycles. The zero-order valence-corrected chi connectivity index (χ0v) is 16.7. The van der Waals surface area contributed by atoms with E-state index >= 15 is 0 Å². The van der Waals surface area contributed by atoms with Crippen molar-refractivity contribution in [3.63, 3.8) is 0 Å². The predicted octanol–water partition coefficient (Wildman–Crippen LogP) is 2.52.